The predicted octanol–water partition coefficient (Wildman–Crippen LogP) is 1.09. The van der Waals surface area contributed by atoms with Crippen molar-refractivity contribution in [2.75, 3.05) is 0 Å². The zero-order valence-electron chi connectivity index (χ0n) is 11.0. The molecule has 89 valence electrons. The van der Waals surface area contributed by atoms with Gasteiger partial charge in [0.15, 0.2) is 0 Å². The molecule has 4 nitrogen and oxygen atoms in total. The van der Waals surface area contributed by atoms with E-state index in [2.05, 4.69) is 0 Å². The van der Waals surface area contributed by atoms with Crippen LogP contribution in [0.5, 0.6) is 0 Å². The molecule has 0 aromatic heterocycles. The van der Waals surface area contributed by atoms with Crippen molar-refractivity contribution in [3.05, 3.63) is 22.9 Å². The molecule has 1 radical (unpaired) electrons. The topological polar surface area (TPSA) is 80.4 Å². The largest absolute Gasteiger partial charge is 0.478 e. The molecule has 1 unspecified atom stereocenters. The number of ketones is 1. The van der Waals surface area contributed by atoms with Crippen LogP contribution in [0.4, 0.5) is 0 Å². The van der Waals surface area contributed by atoms with Crippen LogP contribution in [-0.4, -0.2) is 46.4 Å². The summed E-state index contributed by atoms with van der Waals surface area (Å²) >= 11 is 0. The van der Waals surface area contributed by atoms with Crippen LogP contribution < -0.4 is 5.73 Å². The first-order chi connectivity index (χ1) is 7.18. The van der Waals surface area contributed by atoms with Gasteiger partial charge < -0.3 is 10.8 Å². The molecule has 0 aromatic rings. The SMILES string of the molecule is CC(=O)C1C(C)=C(N)C(C(=O)O)=CC1(C)C.[Na]. The molecule has 17 heavy (non-hydrogen) atoms. The van der Waals surface area contributed by atoms with Crippen molar-refractivity contribution in [2.24, 2.45) is 17.1 Å². The normalized spacial score (nSPS) is 22.6. The average Bonchev–Trinajstić information content (AvgIpc) is 2.09. The van der Waals surface area contributed by atoms with Crippen molar-refractivity contribution >= 4 is 41.3 Å². The summed E-state index contributed by atoms with van der Waals surface area (Å²) in [6.45, 7) is 6.91. The summed E-state index contributed by atoms with van der Waals surface area (Å²) < 4.78 is 0. The van der Waals surface area contributed by atoms with Crippen LogP contribution in [0.15, 0.2) is 22.9 Å². The number of allylic oxidation sites excluding steroid dienone is 2. The van der Waals surface area contributed by atoms with Crippen LogP contribution in [-0.2, 0) is 9.59 Å². The molecule has 0 aliphatic heterocycles. The van der Waals surface area contributed by atoms with Crippen molar-refractivity contribution in [3.63, 3.8) is 0 Å². The van der Waals surface area contributed by atoms with E-state index in [1.807, 2.05) is 13.8 Å². The number of hydrogen-bond donors (Lipinski definition) is 2. The molecular weight excluding hydrogens is 229 g/mol. The van der Waals surface area contributed by atoms with Crippen molar-refractivity contribution in [1.29, 1.82) is 0 Å². The van der Waals surface area contributed by atoms with E-state index in [9.17, 15) is 9.59 Å². The van der Waals surface area contributed by atoms with E-state index >= 15 is 0 Å². The van der Waals surface area contributed by atoms with Crippen LogP contribution in [0.3, 0.4) is 0 Å². The van der Waals surface area contributed by atoms with Gasteiger partial charge in [-0.15, -0.1) is 0 Å². The summed E-state index contributed by atoms with van der Waals surface area (Å²) in [5.74, 6) is -1.38. The molecular formula is C12H17NNaO3. The number of nitrogens with two attached hydrogens (primary N) is 1. The van der Waals surface area contributed by atoms with E-state index in [1.165, 1.54) is 6.92 Å². The van der Waals surface area contributed by atoms with Gasteiger partial charge >= 0.3 is 5.97 Å². The van der Waals surface area contributed by atoms with Gasteiger partial charge in [-0.05, 0) is 24.8 Å². The zero-order valence-corrected chi connectivity index (χ0v) is 13.0. The molecule has 1 aliphatic rings. The van der Waals surface area contributed by atoms with Gasteiger partial charge in [0.25, 0.3) is 0 Å². The van der Waals surface area contributed by atoms with Crippen LogP contribution in [0.25, 0.3) is 0 Å². The minimum Gasteiger partial charge on any atom is -0.478 e. The third-order valence-electron chi connectivity index (χ3n) is 3.05. The Balaban J connectivity index is 0.00000256. The van der Waals surface area contributed by atoms with E-state index in [-0.39, 0.29) is 52.5 Å². The maximum atomic E-state index is 11.6. The van der Waals surface area contributed by atoms with E-state index in [4.69, 9.17) is 10.8 Å². The maximum absolute atomic E-state index is 11.6. The van der Waals surface area contributed by atoms with Crippen molar-refractivity contribution in [3.8, 4) is 0 Å². The second kappa shape index (κ2) is 5.38. The van der Waals surface area contributed by atoms with Gasteiger partial charge in [0.05, 0.1) is 5.57 Å². The number of carboxylic acids is 1. The molecule has 1 rings (SSSR count). The minimum absolute atomic E-state index is 0. The fourth-order valence-electron chi connectivity index (χ4n) is 2.46. The number of rotatable bonds is 2. The molecule has 0 saturated carbocycles. The number of Topliss-reactive ketones (excluding diaryl/α,β-unsaturated/α-hetero) is 1. The van der Waals surface area contributed by atoms with E-state index in [0.717, 1.165) is 0 Å². The summed E-state index contributed by atoms with van der Waals surface area (Å²) in [4.78, 5) is 22.6. The zero-order chi connectivity index (χ0) is 12.7. The molecule has 3 N–H and O–H groups in total. The summed E-state index contributed by atoms with van der Waals surface area (Å²) in [5, 5.41) is 9.02. The number of carbonyl (C=O) groups excluding carboxylic acids is 1. The van der Waals surface area contributed by atoms with Gasteiger partial charge in [-0.1, -0.05) is 19.9 Å². The molecule has 0 saturated heterocycles. The van der Waals surface area contributed by atoms with Crippen molar-refractivity contribution in [1.82, 2.24) is 0 Å². The Kier molecular flexibility index (Phi) is 5.19. The Hall–Kier alpha value is -0.580. The predicted molar refractivity (Wildman–Crippen MR) is 66.3 cm³/mol. The van der Waals surface area contributed by atoms with Gasteiger partial charge in [0, 0.05) is 41.2 Å². The Labute approximate surface area is 123 Å². The van der Waals surface area contributed by atoms with Crippen LogP contribution in [0, 0.1) is 11.3 Å². The molecule has 0 bridgehead atoms. The first-order valence-electron chi connectivity index (χ1n) is 5.11. The second-order valence-corrected chi connectivity index (χ2v) is 4.82. The van der Waals surface area contributed by atoms with E-state index in [0.29, 0.717) is 5.57 Å². The summed E-state index contributed by atoms with van der Waals surface area (Å²) in [6.07, 6.45) is 1.57. The Morgan fingerprint density at radius 2 is 1.88 bits per heavy atom. The van der Waals surface area contributed by atoms with E-state index < -0.39 is 11.4 Å². The van der Waals surface area contributed by atoms with Gasteiger partial charge in [0.1, 0.15) is 5.78 Å². The summed E-state index contributed by atoms with van der Waals surface area (Å²) in [6, 6.07) is 0. The van der Waals surface area contributed by atoms with Crippen molar-refractivity contribution < 1.29 is 14.7 Å². The second-order valence-electron chi connectivity index (χ2n) is 4.82. The number of carbonyl (C=O) groups is 2. The third-order valence-corrected chi connectivity index (χ3v) is 3.05. The van der Waals surface area contributed by atoms with Gasteiger partial charge in [-0.2, -0.15) is 0 Å². The van der Waals surface area contributed by atoms with Crippen LogP contribution in [0.2, 0.25) is 0 Å². The molecule has 5 heteroatoms. The monoisotopic (exact) mass is 246 g/mol. The standard InChI is InChI=1S/C12H17NO3.Na/c1-6-9(7(2)14)12(3,4)5-8(10(6)13)11(15)16;/h5,9H,13H2,1-4H3,(H,15,16);. The summed E-state index contributed by atoms with van der Waals surface area (Å²) in [5.41, 5.74) is 6.21. The smallest absolute Gasteiger partial charge is 0.337 e. The fourth-order valence-corrected chi connectivity index (χ4v) is 2.46. The molecule has 0 heterocycles. The van der Waals surface area contributed by atoms with Crippen LogP contribution in [0.1, 0.15) is 27.7 Å². The maximum Gasteiger partial charge on any atom is 0.337 e. The number of aliphatic carboxylic acids is 1. The number of hydrogen-bond acceptors (Lipinski definition) is 3. The first kappa shape index (κ1) is 16.4. The molecule has 0 fully saturated rings. The molecule has 0 spiro atoms. The van der Waals surface area contributed by atoms with Gasteiger partial charge in [0.2, 0.25) is 0 Å². The molecule has 1 aliphatic carbocycles. The van der Waals surface area contributed by atoms with Crippen LogP contribution >= 0.6 is 0 Å². The minimum atomic E-state index is -1.05. The molecule has 0 amide bonds. The number of carboxylic acid groups (broad SMARTS) is 1. The van der Waals surface area contributed by atoms with Gasteiger partial charge in [-0.25, -0.2) is 4.79 Å². The average molecular weight is 246 g/mol. The van der Waals surface area contributed by atoms with Gasteiger partial charge in [-0.3, -0.25) is 4.79 Å². The van der Waals surface area contributed by atoms with E-state index in [1.54, 1.807) is 13.0 Å². The molecule has 1 atom stereocenters. The fraction of sp³-hybridized carbons (Fsp3) is 0.500. The quantitative estimate of drug-likeness (QED) is 0.715. The first-order valence-corrected chi connectivity index (χ1v) is 5.11. The van der Waals surface area contributed by atoms with Crippen molar-refractivity contribution in [2.45, 2.75) is 27.7 Å². The summed E-state index contributed by atoms with van der Waals surface area (Å²) in [7, 11) is 0. The molecule has 0 aromatic carbocycles. The Bertz CT molecular complexity index is 421. The Morgan fingerprint density at radius 1 is 1.41 bits per heavy atom. The third kappa shape index (κ3) is 3.00. The Morgan fingerprint density at radius 3 is 2.24 bits per heavy atom.